The van der Waals surface area contributed by atoms with Crippen LogP contribution in [0, 0.1) is 0 Å². The van der Waals surface area contributed by atoms with E-state index in [2.05, 4.69) is 186 Å². The Labute approximate surface area is 314 Å². The second kappa shape index (κ2) is 10.4. The standard InChI is InChI=1S/C52H42S/c1-51(2)43-26-12-9-17-31(43)36-22-15-24-38(49(36)51)47-34-20-7-8-21-35(34)48(39-25-16-23-37-32-18-10-13-27-44(32)52(3,4)50(37)39)42-30-46-40(29-41(42)47)33-19-11-14-28-45(33)53(46,5)6/h7-30H,1-6H3. The van der Waals surface area contributed by atoms with Crippen LogP contribution in [0.15, 0.2) is 155 Å². The summed E-state index contributed by atoms with van der Waals surface area (Å²) in [5.74, 6) is 0. The molecule has 0 amide bonds. The van der Waals surface area contributed by atoms with Crippen molar-refractivity contribution in [2.45, 2.75) is 48.3 Å². The lowest BCUT2D eigenvalue weighted by Gasteiger charge is -2.30. The number of hydrogen-bond acceptors (Lipinski definition) is 0. The SMILES string of the molecule is CC1(C)c2ccccc2-c2cccc(-c3c4ccccc4c(-c4cccc5c4C(C)(C)c4ccccc4-5)c4cc5c(cc34)-c3ccccc3S5(C)C)c21. The van der Waals surface area contributed by atoms with Crippen molar-refractivity contribution in [2.75, 3.05) is 12.5 Å². The number of fused-ring (bicyclic) bond motifs is 11. The topological polar surface area (TPSA) is 0 Å². The normalized spacial score (nSPS) is 16.8. The quantitative estimate of drug-likeness (QED) is 0.158. The van der Waals surface area contributed by atoms with Crippen LogP contribution in [0.4, 0.5) is 0 Å². The number of hydrogen-bond donors (Lipinski definition) is 0. The second-order valence-electron chi connectivity index (χ2n) is 16.8. The highest BCUT2D eigenvalue weighted by Gasteiger charge is 2.41. The minimum atomic E-state index is -1.23. The van der Waals surface area contributed by atoms with E-state index in [1.54, 1.807) is 0 Å². The minimum Gasteiger partial charge on any atom is -0.192 e. The third-order valence-electron chi connectivity index (χ3n) is 13.1. The zero-order chi connectivity index (χ0) is 36.0. The zero-order valence-electron chi connectivity index (χ0n) is 31.3. The molecule has 0 atom stereocenters. The molecule has 1 heteroatoms. The van der Waals surface area contributed by atoms with Crippen LogP contribution < -0.4 is 0 Å². The summed E-state index contributed by atoms with van der Waals surface area (Å²) < 4.78 is 0. The second-order valence-corrected chi connectivity index (χ2v) is 20.3. The lowest BCUT2D eigenvalue weighted by atomic mass is 9.75. The molecule has 53 heavy (non-hydrogen) atoms. The molecule has 256 valence electrons. The fourth-order valence-corrected chi connectivity index (χ4v) is 13.3. The fraction of sp³-hybridized carbons (Fsp3) is 0.154. The molecule has 0 aromatic heterocycles. The van der Waals surface area contributed by atoms with Gasteiger partial charge in [0.25, 0.3) is 0 Å². The molecule has 8 aromatic carbocycles. The Kier molecular flexibility index (Phi) is 6.12. The monoisotopic (exact) mass is 698 g/mol. The number of rotatable bonds is 2. The molecule has 1 heterocycles. The van der Waals surface area contributed by atoms with Gasteiger partial charge in [-0.25, -0.2) is 0 Å². The van der Waals surface area contributed by atoms with E-state index >= 15 is 0 Å². The average molecular weight is 699 g/mol. The summed E-state index contributed by atoms with van der Waals surface area (Å²) in [5, 5.41) is 5.34. The van der Waals surface area contributed by atoms with Crippen molar-refractivity contribution in [3.8, 4) is 55.6 Å². The Morgan fingerprint density at radius 2 is 0.755 bits per heavy atom. The highest BCUT2D eigenvalue weighted by atomic mass is 32.3. The van der Waals surface area contributed by atoms with Gasteiger partial charge in [0.1, 0.15) is 0 Å². The molecule has 0 fully saturated rings. The van der Waals surface area contributed by atoms with Gasteiger partial charge in [0.15, 0.2) is 0 Å². The average Bonchev–Trinajstić information content (AvgIpc) is 3.66. The van der Waals surface area contributed by atoms with Gasteiger partial charge >= 0.3 is 0 Å². The molecule has 8 aromatic rings. The molecule has 2 aliphatic carbocycles. The van der Waals surface area contributed by atoms with Crippen LogP contribution >= 0.6 is 10.0 Å². The summed E-state index contributed by atoms with van der Waals surface area (Å²) in [6, 6.07) is 55.9. The van der Waals surface area contributed by atoms with E-state index in [4.69, 9.17) is 0 Å². The van der Waals surface area contributed by atoms with Crippen molar-refractivity contribution in [3.63, 3.8) is 0 Å². The highest BCUT2D eigenvalue weighted by molar-refractivity contribution is 8.33. The molecule has 0 spiro atoms. The van der Waals surface area contributed by atoms with Gasteiger partial charge in [-0.05, 0) is 130 Å². The predicted octanol–water partition coefficient (Wildman–Crippen LogP) is 14.4. The van der Waals surface area contributed by atoms with Gasteiger partial charge in [0.05, 0.1) is 0 Å². The molecular formula is C52H42S. The van der Waals surface area contributed by atoms with Crippen molar-refractivity contribution in [3.05, 3.63) is 168 Å². The van der Waals surface area contributed by atoms with Gasteiger partial charge in [-0.15, -0.1) is 0 Å². The van der Waals surface area contributed by atoms with Gasteiger partial charge in [-0.2, -0.15) is 10.0 Å². The maximum Gasteiger partial charge on any atom is 0.0165 e. The third-order valence-corrected chi connectivity index (χ3v) is 16.0. The minimum absolute atomic E-state index is 0.137. The van der Waals surface area contributed by atoms with Gasteiger partial charge in [0.2, 0.25) is 0 Å². The van der Waals surface area contributed by atoms with Crippen molar-refractivity contribution in [1.82, 2.24) is 0 Å². The molecule has 0 nitrogen and oxygen atoms in total. The van der Waals surface area contributed by atoms with E-state index in [1.807, 2.05) is 0 Å². The first-order chi connectivity index (χ1) is 25.6. The van der Waals surface area contributed by atoms with E-state index in [0.29, 0.717) is 0 Å². The molecule has 0 saturated heterocycles. The molecule has 11 rings (SSSR count). The summed E-state index contributed by atoms with van der Waals surface area (Å²) in [5.41, 5.74) is 19.1. The highest BCUT2D eigenvalue weighted by Crippen LogP contribution is 2.68. The Morgan fingerprint density at radius 3 is 1.30 bits per heavy atom. The largest absolute Gasteiger partial charge is 0.192 e. The van der Waals surface area contributed by atoms with Crippen molar-refractivity contribution in [2.24, 2.45) is 0 Å². The zero-order valence-corrected chi connectivity index (χ0v) is 32.1. The summed E-state index contributed by atoms with van der Waals surface area (Å²) >= 11 is 0. The van der Waals surface area contributed by atoms with E-state index < -0.39 is 10.0 Å². The van der Waals surface area contributed by atoms with Gasteiger partial charge in [-0.3, -0.25) is 0 Å². The van der Waals surface area contributed by atoms with Crippen LogP contribution in [0.3, 0.4) is 0 Å². The smallest absolute Gasteiger partial charge is 0.0165 e. The molecular weight excluding hydrogens is 657 g/mol. The summed E-state index contributed by atoms with van der Waals surface area (Å²) in [6.07, 6.45) is 4.99. The maximum absolute atomic E-state index is 2.63. The van der Waals surface area contributed by atoms with Crippen molar-refractivity contribution in [1.29, 1.82) is 0 Å². The van der Waals surface area contributed by atoms with Gasteiger partial charge in [-0.1, -0.05) is 155 Å². The summed E-state index contributed by atoms with van der Waals surface area (Å²) in [6.45, 7) is 9.70. The first-order valence-electron chi connectivity index (χ1n) is 18.9. The van der Waals surface area contributed by atoms with Crippen molar-refractivity contribution < 1.29 is 0 Å². The maximum atomic E-state index is 2.63. The first kappa shape index (κ1) is 31.2. The molecule has 3 aliphatic rings. The Morgan fingerprint density at radius 1 is 0.340 bits per heavy atom. The van der Waals surface area contributed by atoms with E-state index in [9.17, 15) is 0 Å². The summed E-state index contributed by atoms with van der Waals surface area (Å²) in [4.78, 5) is 2.99. The van der Waals surface area contributed by atoms with Crippen LogP contribution in [-0.4, -0.2) is 12.5 Å². The van der Waals surface area contributed by atoms with Crippen LogP contribution in [0.1, 0.15) is 49.9 Å². The summed E-state index contributed by atoms with van der Waals surface area (Å²) in [7, 11) is -1.23. The lowest BCUT2D eigenvalue weighted by Crippen LogP contribution is -2.16. The van der Waals surface area contributed by atoms with Crippen molar-refractivity contribution >= 4 is 31.6 Å². The van der Waals surface area contributed by atoms with Crippen LogP contribution in [0.25, 0.3) is 77.2 Å². The predicted molar refractivity (Wildman–Crippen MR) is 229 cm³/mol. The van der Waals surface area contributed by atoms with Gasteiger partial charge in [0, 0.05) is 20.6 Å². The first-order valence-corrected chi connectivity index (χ1v) is 21.4. The van der Waals surface area contributed by atoms with Gasteiger partial charge < -0.3 is 0 Å². The fourth-order valence-electron chi connectivity index (χ4n) is 10.8. The Bertz CT molecular complexity index is 2920. The molecule has 0 N–H and O–H groups in total. The van der Waals surface area contributed by atoms with Crippen LogP contribution in [-0.2, 0) is 10.8 Å². The Hall–Kier alpha value is -5.37. The lowest BCUT2D eigenvalue weighted by molar-refractivity contribution is 0.662. The molecule has 0 saturated carbocycles. The van der Waals surface area contributed by atoms with E-state index in [-0.39, 0.29) is 10.8 Å². The Balaban J connectivity index is 1.33. The number of benzene rings is 8. The van der Waals surface area contributed by atoms with Crippen LogP contribution in [0.5, 0.6) is 0 Å². The molecule has 0 unspecified atom stereocenters. The molecule has 0 bridgehead atoms. The molecule has 1 aliphatic heterocycles. The van der Waals surface area contributed by atoms with Crippen LogP contribution in [0.2, 0.25) is 0 Å². The molecule has 0 radical (unpaired) electrons. The van der Waals surface area contributed by atoms with E-state index in [0.717, 1.165) is 0 Å². The van der Waals surface area contributed by atoms with E-state index in [1.165, 1.54) is 109 Å². The third kappa shape index (κ3) is 3.88.